The first-order valence-corrected chi connectivity index (χ1v) is 10.2. The van der Waals surface area contributed by atoms with Crippen LogP contribution in [0.3, 0.4) is 0 Å². The first kappa shape index (κ1) is 18.1. The molecule has 2 aromatic carbocycles. The van der Waals surface area contributed by atoms with Crippen LogP contribution >= 0.6 is 0 Å². The van der Waals surface area contributed by atoms with Crippen molar-refractivity contribution in [1.29, 1.82) is 0 Å². The van der Waals surface area contributed by atoms with Crippen molar-refractivity contribution < 1.29 is 18.4 Å². The Labute approximate surface area is 185 Å². The van der Waals surface area contributed by atoms with Gasteiger partial charge in [-0.1, -0.05) is 11.2 Å². The Morgan fingerprint density at radius 2 is 1.97 bits per heavy atom. The highest BCUT2D eigenvalue weighted by Crippen LogP contribution is 2.35. The van der Waals surface area contributed by atoms with Crippen molar-refractivity contribution in [3.63, 3.8) is 0 Å². The number of halogens is 1. The molecule has 0 aliphatic carbocycles. The SMILES string of the molecule is Fc1ccc2c(c1)-c1ncnn1Cc1c(-c3noc(Cc4ccc5c(c4)OCO5)n3)ncn1-2. The Bertz CT molecular complexity index is 1540. The van der Waals surface area contributed by atoms with Crippen molar-refractivity contribution in [3.05, 3.63) is 72.0 Å². The summed E-state index contributed by atoms with van der Waals surface area (Å²) in [5, 5.41) is 8.46. The van der Waals surface area contributed by atoms with Gasteiger partial charge in [-0.15, -0.1) is 0 Å². The minimum atomic E-state index is -0.349. The van der Waals surface area contributed by atoms with Crippen LogP contribution in [0.15, 0.2) is 53.6 Å². The van der Waals surface area contributed by atoms with Crippen LogP contribution in [0.25, 0.3) is 28.6 Å². The quantitative estimate of drug-likeness (QED) is 0.411. The van der Waals surface area contributed by atoms with Gasteiger partial charge in [0, 0.05) is 5.56 Å². The molecule has 0 amide bonds. The number of nitrogens with zero attached hydrogens (tertiary/aromatic N) is 7. The van der Waals surface area contributed by atoms with Crippen LogP contribution in [0.1, 0.15) is 17.1 Å². The normalized spacial score (nSPS) is 13.4. The zero-order valence-electron chi connectivity index (χ0n) is 17.0. The van der Waals surface area contributed by atoms with Crippen LogP contribution in [-0.4, -0.2) is 41.2 Å². The Morgan fingerprint density at radius 1 is 1.03 bits per heavy atom. The smallest absolute Gasteiger partial charge is 0.231 e. The van der Waals surface area contributed by atoms with Crippen LogP contribution in [-0.2, 0) is 13.0 Å². The summed E-state index contributed by atoms with van der Waals surface area (Å²) < 4.78 is 33.9. The second-order valence-electron chi connectivity index (χ2n) is 7.69. The molecule has 5 aromatic rings. The molecule has 0 atom stereocenters. The van der Waals surface area contributed by atoms with Gasteiger partial charge in [-0.25, -0.2) is 19.0 Å². The van der Waals surface area contributed by atoms with Gasteiger partial charge in [-0.2, -0.15) is 10.1 Å². The monoisotopic (exact) mass is 443 g/mol. The number of benzene rings is 2. The highest BCUT2D eigenvalue weighted by Gasteiger charge is 2.26. The zero-order valence-corrected chi connectivity index (χ0v) is 17.0. The van der Waals surface area contributed by atoms with Gasteiger partial charge in [0.25, 0.3) is 0 Å². The minimum Gasteiger partial charge on any atom is -0.454 e. The Hall–Kier alpha value is -4.54. The maximum Gasteiger partial charge on any atom is 0.231 e. The summed E-state index contributed by atoms with van der Waals surface area (Å²) in [4.78, 5) is 13.4. The standard InChI is InChI=1S/C22H14FN7O3/c23-13-2-3-15-14(7-13)22-24-9-26-30(22)8-16-20(25-10-29(15)16)21-27-19(33-28-21)6-12-1-4-17-18(5-12)32-11-31-17/h1-5,7,9-10H,6,8,11H2. The second kappa shape index (κ2) is 6.73. The van der Waals surface area contributed by atoms with Gasteiger partial charge < -0.3 is 14.0 Å². The molecule has 0 spiro atoms. The van der Waals surface area contributed by atoms with E-state index in [1.54, 1.807) is 17.1 Å². The summed E-state index contributed by atoms with van der Waals surface area (Å²) >= 11 is 0. The lowest BCUT2D eigenvalue weighted by atomic mass is 10.1. The molecule has 2 aliphatic heterocycles. The largest absolute Gasteiger partial charge is 0.454 e. The molecule has 0 saturated heterocycles. The molecule has 5 heterocycles. The third-order valence-corrected chi connectivity index (χ3v) is 5.71. The van der Waals surface area contributed by atoms with E-state index in [0.717, 1.165) is 22.7 Å². The second-order valence-corrected chi connectivity index (χ2v) is 7.69. The van der Waals surface area contributed by atoms with E-state index < -0.39 is 0 Å². The molecule has 7 rings (SSSR count). The van der Waals surface area contributed by atoms with Crippen molar-refractivity contribution in [2.24, 2.45) is 0 Å². The predicted molar refractivity (Wildman–Crippen MR) is 110 cm³/mol. The summed E-state index contributed by atoms with van der Waals surface area (Å²) in [7, 11) is 0. The molecule has 3 aromatic heterocycles. The average molecular weight is 443 g/mol. The van der Waals surface area contributed by atoms with E-state index in [0.29, 0.717) is 47.5 Å². The number of ether oxygens (including phenoxy) is 2. The fourth-order valence-corrected chi connectivity index (χ4v) is 4.20. The van der Waals surface area contributed by atoms with Crippen molar-refractivity contribution in [1.82, 2.24) is 34.5 Å². The van der Waals surface area contributed by atoms with Crippen LogP contribution in [0.4, 0.5) is 4.39 Å². The molecule has 0 saturated carbocycles. The van der Waals surface area contributed by atoms with Crippen LogP contribution < -0.4 is 9.47 Å². The third kappa shape index (κ3) is 2.82. The first-order valence-electron chi connectivity index (χ1n) is 10.2. The molecular weight excluding hydrogens is 429 g/mol. The molecule has 0 bridgehead atoms. The summed E-state index contributed by atoms with van der Waals surface area (Å²) in [6, 6.07) is 10.2. The van der Waals surface area contributed by atoms with E-state index in [2.05, 4.69) is 25.2 Å². The van der Waals surface area contributed by atoms with Gasteiger partial charge in [0.2, 0.25) is 18.5 Å². The van der Waals surface area contributed by atoms with E-state index in [4.69, 9.17) is 14.0 Å². The lowest BCUT2D eigenvalue weighted by molar-refractivity contribution is 0.174. The lowest BCUT2D eigenvalue weighted by Crippen LogP contribution is -2.06. The Morgan fingerprint density at radius 3 is 2.94 bits per heavy atom. The van der Waals surface area contributed by atoms with Crippen LogP contribution in [0, 0.1) is 5.82 Å². The molecule has 33 heavy (non-hydrogen) atoms. The first-order chi connectivity index (χ1) is 16.2. The molecule has 11 heteroatoms. The van der Waals surface area contributed by atoms with Gasteiger partial charge in [-0.3, -0.25) is 4.57 Å². The highest BCUT2D eigenvalue weighted by molar-refractivity contribution is 5.70. The van der Waals surface area contributed by atoms with E-state index in [1.165, 1.54) is 18.5 Å². The van der Waals surface area contributed by atoms with E-state index in [9.17, 15) is 4.39 Å². The maximum atomic E-state index is 14.0. The maximum absolute atomic E-state index is 14.0. The third-order valence-electron chi connectivity index (χ3n) is 5.71. The fraction of sp³-hybridized carbons (Fsp3) is 0.136. The van der Waals surface area contributed by atoms with Crippen molar-refractivity contribution >= 4 is 0 Å². The molecule has 0 fully saturated rings. The molecule has 10 nitrogen and oxygen atoms in total. The molecule has 162 valence electrons. The van der Waals surface area contributed by atoms with Gasteiger partial charge in [0.1, 0.15) is 24.2 Å². The Balaban J connectivity index is 1.27. The number of aromatic nitrogens is 7. The molecule has 0 N–H and O–H groups in total. The van der Waals surface area contributed by atoms with E-state index >= 15 is 0 Å². The average Bonchev–Trinajstić information content (AvgIpc) is 3.60. The number of fused-ring (bicyclic) bond motifs is 6. The van der Waals surface area contributed by atoms with Gasteiger partial charge >= 0.3 is 0 Å². The van der Waals surface area contributed by atoms with Crippen LogP contribution in [0.5, 0.6) is 11.5 Å². The van der Waals surface area contributed by atoms with Crippen molar-refractivity contribution in [2.75, 3.05) is 6.79 Å². The van der Waals surface area contributed by atoms with Gasteiger partial charge in [-0.05, 0) is 35.9 Å². The summed E-state index contributed by atoms with van der Waals surface area (Å²) in [6.07, 6.45) is 3.56. The van der Waals surface area contributed by atoms with Gasteiger partial charge in [0.15, 0.2) is 17.3 Å². The molecule has 0 radical (unpaired) electrons. The summed E-state index contributed by atoms with van der Waals surface area (Å²) in [5.41, 5.74) is 3.70. The van der Waals surface area contributed by atoms with Gasteiger partial charge in [0.05, 0.1) is 24.3 Å². The number of hydrogen-bond acceptors (Lipinski definition) is 8. The highest BCUT2D eigenvalue weighted by atomic mass is 19.1. The van der Waals surface area contributed by atoms with E-state index in [-0.39, 0.29) is 12.6 Å². The molecule has 2 aliphatic rings. The Kier molecular flexibility index (Phi) is 3.68. The van der Waals surface area contributed by atoms with Crippen molar-refractivity contribution in [2.45, 2.75) is 13.0 Å². The summed E-state index contributed by atoms with van der Waals surface area (Å²) in [5.74, 6) is 2.47. The number of imidazole rings is 1. The fourth-order valence-electron chi connectivity index (χ4n) is 4.20. The molecular formula is C22H14FN7O3. The molecule has 0 unspecified atom stereocenters. The predicted octanol–water partition coefficient (Wildman–Crippen LogP) is 3.00. The van der Waals surface area contributed by atoms with Crippen molar-refractivity contribution in [3.8, 4) is 40.1 Å². The summed E-state index contributed by atoms with van der Waals surface area (Å²) in [6.45, 7) is 0.588. The van der Waals surface area contributed by atoms with E-state index in [1.807, 2.05) is 22.8 Å². The topological polar surface area (TPSA) is 106 Å². The number of hydrogen-bond donors (Lipinski definition) is 0. The van der Waals surface area contributed by atoms with Crippen LogP contribution in [0.2, 0.25) is 0 Å². The zero-order chi connectivity index (χ0) is 21.9. The minimum absolute atomic E-state index is 0.220. The number of rotatable bonds is 3. The lowest BCUT2D eigenvalue weighted by Gasteiger charge is -2.08.